The molecule has 4 heteroatoms. The Bertz CT molecular complexity index is 317. The summed E-state index contributed by atoms with van der Waals surface area (Å²) in [4.78, 5) is 12.8. The van der Waals surface area contributed by atoms with Gasteiger partial charge in [-0.2, -0.15) is 0 Å². The van der Waals surface area contributed by atoms with Crippen LogP contribution in [0.1, 0.15) is 51.9 Å². The van der Waals surface area contributed by atoms with Gasteiger partial charge in [0.25, 0.3) is 0 Å². The SMILES string of the molecule is CC1CC(NC(=O)C2(C(N)=S)CCCCC2)C1. The van der Waals surface area contributed by atoms with Gasteiger partial charge in [0.15, 0.2) is 0 Å². The summed E-state index contributed by atoms with van der Waals surface area (Å²) >= 11 is 5.15. The number of carbonyl (C=O) groups excluding carboxylic acids is 1. The highest BCUT2D eigenvalue weighted by atomic mass is 32.1. The van der Waals surface area contributed by atoms with Gasteiger partial charge >= 0.3 is 0 Å². The van der Waals surface area contributed by atoms with E-state index < -0.39 is 5.41 Å². The molecule has 0 radical (unpaired) electrons. The van der Waals surface area contributed by atoms with Crippen LogP contribution in [-0.4, -0.2) is 16.9 Å². The maximum Gasteiger partial charge on any atom is 0.233 e. The summed E-state index contributed by atoms with van der Waals surface area (Å²) in [6, 6.07) is 0.352. The van der Waals surface area contributed by atoms with E-state index in [4.69, 9.17) is 18.0 Å². The third-order valence-corrected chi connectivity index (χ3v) is 4.71. The average molecular weight is 254 g/mol. The Labute approximate surface area is 109 Å². The lowest BCUT2D eigenvalue weighted by Gasteiger charge is -2.39. The highest BCUT2D eigenvalue weighted by Crippen LogP contribution is 2.38. The van der Waals surface area contributed by atoms with Gasteiger partial charge in [-0.05, 0) is 31.6 Å². The summed E-state index contributed by atoms with van der Waals surface area (Å²) in [5.41, 5.74) is 5.29. The van der Waals surface area contributed by atoms with Crippen molar-refractivity contribution in [1.82, 2.24) is 5.32 Å². The van der Waals surface area contributed by atoms with Crippen molar-refractivity contribution in [3.05, 3.63) is 0 Å². The van der Waals surface area contributed by atoms with Gasteiger partial charge in [0.1, 0.15) is 0 Å². The first-order valence-electron chi connectivity index (χ1n) is 6.65. The average Bonchev–Trinajstić information content (AvgIpc) is 2.27. The van der Waals surface area contributed by atoms with Gasteiger partial charge in [0.05, 0.1) is 10.4 Å². The summed E-state index contributed by atoms with van der Waals surface area (Å²) in [5, 5.41) is 3.13. The fraction of sp³-hybridized carbons (Fsp3) is 0.846. The molecule has 0 bridgehead atoms. The number of hydrogen-bond donors (Lipinski definition) is 2. The molecule has 0 aromatic rings. The molecule has 2 rings (SSSR count). The Morgan fingerprint density at radius 2 is 1.88 bits per heavy atom. The highest BCUT2D eigenvalue weighted by molar-refractivity contribution is 7.80. The van der Waals surface area contributed by atoms with Crippen molar-refractivity contribution >= 4 is 23.1 Å². The van der Waals surface area contributed by atoms with E-state index in [1.165, 1.54) is 6.42 Å². The fourth-order valence-electron chi connectivity index (χ4n) is 3.08. The molecule has 0 aromatic carbocycles. The lowest BCUT2D eigenvalue weighted by Crippen LogP contribution is -2.54. The number of amides is 1. The van der Waals surface area contributed by atoms with E-state index in [1.807, 2.05) is 0 Å². The van der Waals surface area contributed by atoms with Crippen molar-refractivity contribution in [2.75, 3.05) is 0 Å². The number of hydrogen-bond acceptors (Lipinski definition) is 2. The smallest absolute Gasteiger partial charge is 0.233 e. The van der Waals surface area contributed by atoms with E-state index in [0.29, 0.717) is 11.0 Å². The van der Waals surface area contributed by atoms with E-state index in [0.717, 1.165) is 44.4 Å². The predicted molar refractivity (Wildman–Crippen MR) is 72.6 cm³/mol. The number of thiocarbonyl (C=S) groups is 1. The molecule has 0 saturated heterocycles. The van der Waals surface area contributed by atoms with Gasteiger partial charge in [0, 0.05) is 6.04 Å². The summed E-state index contributed by atoms with van der Waals surface area (Å²) in [7, 11) is 0. The summed E-state index contributed by atoms with van der Waals surface area (Å²) in [6.07, 6.45) is 7.17. The van der Waals surface area contributed by atoms with Gasteiger partial charge in [-0.15, -0.1) is 0 Å². The van der Waals surface area contributed by atoms with Crippen LogP contribution in [0.15, 0.2) is 0 Å². The van der Waals surface area contributed by atoms with E-state index in [-0.39, 0.29) is 5.91 Å². The van der Waals surface area contributed by atoms with Crippen LogP contribution < -0.4 is 11.1 Å². The molecule has 0 aliphatic heterocycles. The zero-order chi connectivity index (χ0) is 12.5. The summed E-state index contributed by atoms with van der Waals surface area (Å²) in [6.45, 7) is 2.21. The highest BCUT2D eigenvalue weighted by Gasteiger charge is 2.43. The van der Waals surface area contributed by atoms with Crippen molar-refractivity contribution in [2.24, 2.45) is 17.1 Å². The molecule has 0 atom stereocenters. The van der Waals surface area contributed by atoms with Crippen LogP contribution in [0.3, 0.4) is 0 Å². The predicted octanol–water partition coefficient (Wildman–Crippen LogP) is 2.14. The van der Waals surface area contributed by atoms with Crippen molar-refractivity contribution in [1.29, 1.82) is 0 Å². The molecule has 2 aliphatic carbocycles. The van der Waals surface area contributed by atoms with Crippen molar-refractivity contribution in [3.8, 4) is 0 Å². The standard InChI is InChI=1S/C13H22N2OS/c1-9-7-10(8-9)15-12(16)13(11(14)17)5-3-2-4-6-13/h9-10H,2-8H2,1H3,(H2,14,17)(H,15,16). The lowest BCUT2D eigenvalue weighted by molar-refractivity contribution is -0.130. The largest absolute Gasteiger partial charge is 0.392 e. The van der Waals surface area contributed by atoms with Gasteiger partial charge in [-0.1, -0.05) is 38.4 Å². The first kappa shape index (κ1) is 12.8. The van der Waals surface area contributed by atoms with Gasteiger partial charge in [-0.25, -0.2) is 0 Å². The van der Waals surface area contributed by atoms with Crippen LogP contribution in [0.5, 0.6) is 0 Å². The topological polar surface area (TPSA) is 55.1 Å². The molecule has 0 heterocycles. The van der Waals surface area contributed by atoms with Crippen LogP contribution in [0, 0.1) is 11.3 Å². The molecule has 2 aliphatic rings. The van der Waals surface area contributed by atoms with Crippen molar-refractivity contribution in [2.45, 2.75) is 57.9 Å². The number of carbonyl (C=O) groups is 1. The van der Waals surface area contributed by atoms with E-state index in [1.54, 1.807) is 0 Å². The molecule has 2 fully saturated rings. The molecular formula is C13H22N2OS. The van der Waals surface area contributed by atoms with Gasteiger partial charge in [-0.3, -0.25) is 4.79 Å². The third kappa shape index (κ3) is 2.46. The van der Waals surface area contributed by atoms with E-state index >= 15 is 0 Å². The Hall–Kier alpha value is -0.640. The minimum absolute atomic E-state index is 0.0848. The molecule has 3 N–H and O–H groups in total. The molecule has 0 aromatic heterocycles. The molecule has 96 valence electrons. The van der Waals surface area contributed by atoms with Crippen LogP contribution in [0.25, 0.3) is 0 Å². The first-order chi connectivity index (χ1) is 8.04. The minimum atomic E-state index is -0.549. The zero-order valence-corrected chi connectivity index (χ0v) is 11.3. The van der Waals surface area contributed by atoms with Crippen LogP contribution in [-0.2, 0) is 4.79 Å². The van der Waals surface area contributed by atoms with Gasteiger partial charge < -0.3 is 11.1 Å². The van der Waals surface area contributed by atoms with Crippen molar-refractivity contribution < 1.29 is 4.79 Å². The molecule has 0 unspecified atom stereocenters. The second kappa shape index (κ2) is 4.92. The van der Waals surface area contributed by atoms with E-state index in [2.05, 4.69) is 12.2 Å². The van der Waals surface area contributed by atoms with Crippen LogP contribution >= 0.6 is 12.2 Å². The number of nitrogens with one attached hydrogen (secondary N) is 1. The third-order valence-electron chi connectivity index (χ3n) is 4.32. The lowest BCUT2D eigenvalue weighted by atomic mass is 9.72. The number of rotatable bonds is 3. The normalized spacial score (nSPS) is 31.4. The number of nitrogens with two attached hydrogens (primary N) is 1. The second-order valence-corrected chi connectivity index (χ2v) is 6.19. The Morgan fingerprint density at radius 1 is 1.29 bits per heavy atom. The van der Waals surface area contributed by atoms with Crippen LogP contribution in [0.2, 0.25) is 0 Å². The Kier molecular flexibility index (Phi) is 3.71. The molecule has 17 heavy (non-hydrogen) atoms. The maximum absolute atomic E-state index is 12.4. The Morgan fingerprint density at radius 3 is 2.35 bits per heavy atom. The molecular weight excluding hydrogens is 232 g/mol. The fourth-order valence-corrected chi connectivity index (χ4v) is 3.38. The summed E-state index contributed by atoms with van der Waals surface area (Å²) in [5.74, 6) is 0.828. The first-order valence-corrected chi connectivity index (χ1v) is 7.06. The van der Waals surface area contributed by atoms with Crippen LogP contribution in [0.4, 0.5) is 0 Å². The molecule has 0 spiro atoms. The Balaban J connectivity index is 2.00. The molecule has 3 nitrogen and oxygen atoms in total. The monoisotopic (exact) mass is 254 g/mol. The summed E-state index contributed by atoms with van der Waals surface area (Å²) < 4.78 is 0. The quantitative estimate of drug-likeness (QED) is 0.759. The molecule has 2 saturated carbocycles. The minimum Gasteiger partial charge on any atom is -0.392 e. The molecule has 1 amide bonds. The second-order valence-electron chi connectivity index (χ2n) is 5.75. The zero-order valence-electron chi connectivity index (χ0n) is 10.5. The van der Waals surface area contributed by atoms with Gasteiger partial charge in [0.2, 0.25) is 5.91 Å². The maximum atomic E-state index is 12.4. The van der Waals surface area contributed by atoms with Crippen molar-refractivity contribution in [3.63, 3.8) is 0 Å². The van der Waals surface area contributed by atoms with E-state index in [9.17, 15) is 4.79 Å².